The van der Waals surface area contributed by atoms with Gasteiger partial charge < -0.3 is 10.4 Å². The van der Waals surface area contributed by atoms with Crippen LogP contribution >= 0.6 is 0 Å². The molecule has 0 atom stereocenters. The number of aliphatic hydroxyl groups excluding tert-OH is 1. The zero-order chi connectivity index (χ0) is 15.8. The highest BCUT2D eigenvalue weighted by Crippen LogP contribution is 2.22. The maximum absolute atomic E-state index is 12.2. The second-order valence-corrected chi connectivity index (χ2v) is 6.16. The van der Waals surface area contributed by atoms with Crippen LogP contribution < -0.4 is 5.32 Å². The lowest BCUT2D eigenvalue weighted by molar-refractivity contribution is -0.116. The number of nitrogens with one attached hydrogen (secondary N) is 1. The van der Waals surface area contributed by atoms with Crippen molar-refractivity contribution in [1.82, 2.24) is 4.90 Å². The van der Waals surface area contributed by atoms with Crippen LogP contribution in [0.5, 0.6) is 0 Å². The Labute approximate surface area is 133 Å². The molecule has 0 aliphatic heterocycles. The summed E-state index contributed by atoms with van der Waals surface area (Å²) in [5.41, 5.74) is 1.97. The second-order valence-electron chi connectivity index (χ2n) is 6.16. The van der Waals surface area contributed by atoms with Gasteiger partial charge in [0.1, 0.15) is 0 Å². The molecule has 1 aromatic rings. The van der Waals surface area contributed by atoms with E-state index in [9.17, 15) is 9.90 Å². The first-order chi connectivity index (χ1) is 10.7. The van der Waals surface area contributed by atoms with Crippen LogP contribution in [0.1, 0.15) is 44.1 Å². The van der Waals surface area contributed by atoms with Gasteiger partial charge in [-0.3, -0.25) is 9.69 Å². The van der Waals surface area contributed by atoms with Crippen molar-refractivity contribution in [3.05, 3.63) is 29.8 Å². The molecule has 122 valence electrons. The summed E-state index contributed by atoms with van der Waals surface area (Å²) in [4.78, 5) is 14.4. The van der Waals surface area contributed by atoms with Crippen LogP contribution in [0.3, 0.4) is 0 Å². The van der Waals surface area contributed by atoms with Crippen LogP contribution in [0.15, 0.2) is 24.3 Å². The number of aryl methyl sites for hydroxylation is 1. The van der Waals surface area contributed by atoms with Crippen molar-refractivity contribution in [2.24, 2.45) is 0 Å². The summed E-state index contributed by atoms with van der Waals surface area (Å²) in [5, 5.41) is 12.2. The summed E-state index contributed by atoms with van der Waals surface area (Å²) in [6.07, 6.45) is 6.71. The summed E-state index contributed by atoms with van der Waals surface area (Å²) in [6.45, 7) is 3.55. The Bertz CT molecular complexity index is 470. The smallest absolute Gasteiger partial charge is 0.225 e. The van der Waals surface area contributed by atoms with Gasteiger partial charge in [0.15, 0.2) is 0 Å². The number of hydrogen-bond acceptors (Lipinski definition) is 3. The molecule has 4 nitrogen and oxygen atoms in total. The van der Waals surface area contributed by atoms with E-state index in [1.807, 2.05) is 31.2 Å². The highest BCUT2D eigenvalue weighted by molar-refractivity contribution is 5.91. The Hall–Kier alpha value is -1.39. The van der Waals surface area contributed by atoms with E-state index in [0.717, 1.165) is 17.8 Å². The van der Waals surface area contributed by atoms with Gasteiger partial charge in [-0.15, -0.1) is 0 Å². The van der Waals surface area contributed by atoms with Crippen LogP contribution in [0.2, 0.25) is 0 Å². The van der Waals surface area contributed by atoms with Crippen LogP contribution in [-0.2, 0) is 4.79 Å². The van der Waals surface area contributed by atoms with Crippen molar-refractivity contribution in [2.45, 2.75) is 51.5 Å². The molecule has 1 aliphatic rings. The second kappa shape index (κ2) is 8.91. The van der Waals surface area contributed by atoms with Gasteiger partial charge in [0, 0.05) is 31.2 Å². The number of carbonyl (C=O) groups excluding carboxylic acids is 1. The summed E-state index contributed by atoms with van der Waals surface area (Å²) >= 11 is 0. The van der Waals surface area contributed by atoms with E-state index in [1.54, 1.807) is 0 Å². The van der Waals surface area contributed by atoms with E-state index < -0.39 is 0 Å². The standard InChI is InChI=1S/C18H28N2O2/c1-15-7-5-6-10-17(15)19-18(22)11-12-20(13-14-21)16-8-3-2-4-9-16/h5-7,10,16,21H,2-4,8-9,11-14H2,1H3,(H,19,22). The minimum Gasteiger partial charge on any atom is -0.395 e. The zero-order valence-corrected chi connectivity index (χ0v) is 13.6. The van der Waals surface area contributed by atoms with E-state index in [2.05, 4.69) is 10.2 Å². The van der Waals surface area contributed by atoms with E-state index in [4.69, 9.17) is 0 Å². The molecule has 2 N–H and O–H groups in total. The van der Waals surface area contributed by atoms with E-state index in [0.29, 0.717) is 19.0 Å². The van der Waals surface area contributed by atoms with Gasteiger partial charge in [0.05, 0.1) is 6.61 Å². The number of aliphatic hydroxyl groups is 1. The Kier molecular flexibility index (Phi) is 6.87. The monoisotopic (exact) mass is 304 g/mol. The van der Waals surface area contributed by atoms with E-state index in [1.165, 1.54) is 32.1 Å². The molecule has 1 fully saturated rings. The third-order valence-electron chi connectivity index (χ3n) is 4.52. The summed E-state index contributed by atoms with van der Waals surface area (Å²) in [6, 6.07) is 8.36. The van der Waals surface area contributed by atoms with E-state index in [-0.39, 0.29) is 12.5 Å². The van der Waals surface area contributed by atoms with Crippen LogP contribution in [0, 0.1) is 6.92 Å². The molecule has 0 heterocycles. The summed E-state index contributed by atoms with van der Waals surface area (Å²) in [7, 11) is 0. The fourth-order valence-corrected chi connectivity index (χ4v) is 3.22. The molecule has 0 aromatic heterocycles. The molecular weight excluding hydrogens is 276 g/mol. The maximum Gasteiger partial charge on any atom is 0.225 e. The molecule has 1 amide bonds. The SMILES string of the molecule is Cc1ccccc1NC(=O)CCN(CCO)C1CCCCC1. The molecule has 0 saturated heterocycles. The van der Waals surface area contributed by atoms with Crippen LogP contribution in [0.25, 0.3) is 0 Å². The first-order valence-electron chi connectivity index (χ1n) is 8.41. The van der Waals surface area contributed by atoms with Crippen molar-refractivity contribution in [3.8, 4) is 0 Å². The number of para-hydroxylation sites is 1. The minimum atomic E-state index is 0.0491. The van der Waals surface area contributed by atoms with Crippen molar-refractivity contribution in [3.63, 3.8) is 0 Å². The van der Waals surface area contributed by atoms with Crippen molar-refractivity contribution < 1.29 is 9.90 Å². The number of anilines is 1. The lowest BCUT2D eigenvalue weighted by atomic mass is 9.94. The predicted octanol–water partition coefficient (Wildman–Crippen LogP) is 2.95. The largest absolute Gasteiger partial charge is 0.395 e. The molecular formula is C18H28N2O2. The van der Waals surface area contributed by atoms with Gasteiger partial charge in [0.25, 0.3) is 0 Å². The Morgan fingerprint density at radius 3 is 2.64 bits per heavy atom. The lowest BCUT2D eigenvalue weighted by Gasteiger charge is -2.33. The average molecular weight is 304 g/mol. The fourth-order valence-electron chi connectivity index (χ4n) is 3.22. The molecule has 0 bridgehead atoms. The topological polar surface area (TPSA) is 52.6 Å². The molecule has 4 heteroatoms. The molecule has 1 aliphatic carbocycles. The van der Waals surface area contributed by atoms with Crippen LogP contribution in [-0.4, -0.2) is 41.7 Å². The lowest BCUT2D eigenvalue weighted by Crippen LogP contribution is -2.40. The number of hydrogen-bond donors (Lipinski definition) is 2. The van der Waals surface area contributed by atoms with Crippen molar-refractivity contribution >= 4 is 11.6 Å². The van der Waals surface area contributed by atoms with Crippen molar-refractivity contribution in [2.75, 3.05) is 25.0 Å². The molecule has 0 radical (unpaired) electrons. The van der Waals surface area contributed by atoms with Gasteiger partial charge in [-0.2, -0.15) is 0 Å². The Morgan fingerprint density at radius 1 is 1.23 bits per heavy atom. The predicted molar refractivity (Wildman–Crippen MR) is 90.0 cm³/mol. The molecule has 1 saturated carbocycles. The van der Waals surface area contributed by atoms with E-state index >= 15 is 0 Å². The number of amides is 1. The van der Waals surface area contributed by atoms with Gasteiger partial charge >= 0.3 is 0 Å². The molecule has 22 heavy (non-hydrogen) atoms. The molecule has 0 unspecified atom stereocenters. The van der Waals surface area contributed by atoms with Crippen molar-refractivity contribution in [1.29, 1.82) is 0 Å². The fraction of sp³-hybridized carbons (Fsp3) is 0.611. The number of carbonyl (C=O) groups is 1. The zero-order valence-electron chi connectivity index (χ0n) is 13.6. The Balaban J connectivity index is 1.83. The first-order valence-corrected chi connectivity index (χ1v) is 8.41. The van der Waals surface area contributed by atoms with Gasteiger partial charge in [-0.1, -0.05) is 37.5 Å². The van der Waals surface area contributed by atoms with Gasteiger partial charge in [-0.05, 0) is 31.4 Å². The van der Waals surface area contributed by atoms with Gasteiger partial charge in [-0.25, -0.2) is 0 Å². The Morgan fingerprint density at radius 2 is 1.95 bits per heavy atom. The third kappa shape index (κ3) is 5.11. The average Bonchev–Trinajstić information content (AvgIpc) is 2.54. The maximum atomic E-state index is 12.2. The molecule has 1 aromatic carbocycles. The molecule has 2 rings (SSSR count). The number of rotatable bonds is 7. The quantitative estimate of drug-likeness (QED) is 0.814. The highest BCUT2D eigenvalue weighted by atomic mass is 16.3. The van der Waals surface area contributed by atoms with Gasteiger partial charge in [0.2, 0.25) is 5.91 Å². The summed E-state index contributed by atoms with van der Waals surface area (Å²) < 4.78 is 0. The van der Waals surface area contributed by atoms with Crippen LogP contribution in [0.4, 0.5) is 5.69 Å². The molecule has 0 spiro atoms. The normalized spacial score (nSPS) is 16.0. The first kappa shape index (κ1) is 17.0. The third-order valence-corrected chi connectivity index (χ3v) is 4.52. The number of benzene rings is 1. The summed E-state index contributed by atoms with van der Waals surface area (Å²) in [5.74, 6) is 0.0491. The minimum absolute atomic E-state index is 0.0491. The number of nitrogens with zero attached hydrogens (tertiary/aromatic N) is 1. The highest BCUT2D eigenvalue weighted by Gasteiger charge is 2.21.